The van der Waals surface area contributed by atoms with Gasteiger partial charge in [-0.15, -0.1) is 0 Å². The number of carbonyl (C=O) groups excluding carboxylic acids is 1. The average Bonchev–Trinajstić information content (AvgIpc) is 2.94. The fourth-order valence-corrected chi connectivity index (χ4v) is 4.98. The molecule has 1 heterocycles. The maximum absolute atomic E-state index is 11.4. The molecule has 0 fully saturated rings. The molecule has 2 unspecified atom stereocenters. The molecule has 184 valence electrons. The number of benzene rings is 4. The molecule has 5 rings (SSSR count). The van der Waals surface area contributed by atoms with Gasteiger partial charge in [-0.25, -0.2) is 4.79 Å². The highest BCUT2D eigenvalue weighted by Gasteiger charge is 2.29. The Kier molecular flexibility index (Phi) is 7.19. The highest BCUT2D eigenvalue weighted by atomic mass is 16.6. The smallest absolute Gasteiger partial charge is 0.343 e. The molecule has 0 radical (unpaired) electrons. The molecule has 3 atom stereocenters. The maximum atomic E-state index is 11.4. The van der Waals surface area contributed by atoms with Gasteiger partial charge in [-0.1, -0.05) is 72.8 Å². The molecular weight excluding hydrogens is 450 g/mol. The monoisotopic (exact) mass is 481 g/mol. The van der Waals surface area contributed by atoms with E-state index in [1.807, 2.05) is 18.2 Å². The SMILES string of the molecule is COC(=O)COc1ccc(C2CC(CN[C@H](C)c3cccc4ccccc34)Oc3ccccc32)cc1. The molecule has 5 nitrogen and oxygen atoms in total. The molecule has 1 N–H and O–H groups in total. The van der Waals surface area contributed by atoms with Gasteiger partial charge in [0.15, 0.2) is 6.61 Å². The van der Waals surface area contributed by atoms with E-state index in [-0.39, 0.29) is 24.7 Å². The molecule has 4 aromatic rings. The summed E-state index contributed by atoms with van der Waals surface area (Å²) in [5.41, 5.74) is 3.69. The second-order valence-electron chi connectivity index (χ2n) is 9.20. The van der Waals surface area contributed by atoms with Crippen molar-refractivity contribution in [1.29, 1.82) is 0 Å². The number of para-hydroxylation sites is 1. The van der Waals surface area contributed by atoms with Crippen molar-refractivity contribution in [2.45, 2.75) is 31.4 Å². The third kappa shape index (κ3) is 5.21. The van der Waals surface area contributed by atoms with Crippen molar-refractivity contribution < 1.29 is 19.0 Å². The van der Waals surface area contributed by atoms with Gasteiger partial charge in [-0.3, -0.25) is 0 Å². The second-order valence-corrected chi connectivity index (χ2v) is 9.20. The minimum atomic E-state index is -0.398. The topological polar surface area (TPSA) is 56.8 Å². The Bertz CT molecular complexity index is 1330. The van der Waals surface area contributed by atoms with Crippen LogP contribution in [0.15, 0.2) is 91.0 Å². The molecule has 36 heavy (non-hydrogen) atoms. The van der Waals surface area contributed by atoms with Crippen molar-refractivity contribution in [3.63, 3.8) is 0 Å². The zero-order valence-electron chi connectivity index (χ0n) is 20.6. The Hall–Kier alpha value is -3.83. The Morgan fingerprint density at radius 2 is 1.72 bits per heavy atom. The van der Waals surface area contributed by atoms with Gasteiger partial charge in [-0.2, -0.15) is 0 Å². The summed E-state index contributed by atoms with van der Waals surface area (Å²) in [5, 5.41) is 6.25. The first-order valence-corrected chi connectivity index (χ1v) is 12.4. The molecule has 0 aliphatic carbocycles. The third-order valence-electron chi connectivity index (χ3n) is 6.90. The number of ether oxygens (including phenoxy) is 3. The van der Waals surface area contributed by atoms with E-state index >= 15 is 0 Å². The summed E-state index contributed by atoms with van der Waals surface area (Å²) in [5.74, 6) is 1.39. The van der Waals surface area contributed by atoms with E-state index in [0.29, 0.717) is 5.75 Å². The van der Waals surface area contributed by atoms with Crippen LogP contribution in [0.2, 0.25) is 0 Å². The number of fused-ring (bicyclic) bond motifs is 2. The van der Waals surface area contributed by atoms with Gasteiger partial charge >= 0.3 is 5.97 Å². The third-order valence-corrected chi connectivity index (χ3v) is 6.90. The van der Waals surface area contributed by atoms with Crippen LogP contribution in [-0.4, -0.2) is 32.3 Å². The summed E-state index contributed by atoms with van der Waals surface area (Å²) in [6.07, 6.45) is 0.909. The standard InChI is InChI=1S/C31H31NO4/c1-21(26-12-7-9-22-8-3-4-10-27(22)26)32-19-25-18-29(28-11-5-6-13-30(28)36-25)23-14-16-24(17-15-23)35-20-31(33)34-2/h3-17,21,25,29,32H,18-20H2,1-2H3/t21-,25?,29?/m1/s1. The number of hydrogen-bond donors (Lipinski definition) is 1. The molecular formula is C31H31NO4. The molecule has 0 saturated carbocycles. The van der Waals surface area contributed by atoms with Crippen molar-refractivity contribution in [2.75, 3.05) is 20.3 Å². The molecule has 0 bridgehead atoms. The lowest BCUT2D eigenvalue weighted by atomic mass is 9.84. The highest BCUT2D eigenvalue weighted by Crippen LogP contribution is 2.40. The van der Waals surface area contributed by atoms with Crippen molar-refractivity contribution in [2.24, 2.45) is 0 Å². The van der Waals surface area contributed by atoms with Crippen LogP contribution < -0.4 is 14.8 Å². The van der Waals surface area contributed by atoms with Gasteiger partial charge in [0, 0.05) is 24.1 Å². The van der Waals surface area contributed by atoms with Gasteiger partial charge in [0.25, 0.3) is 0 Å². The maximum Gasteiger partial charge on any atom is 0.343 e. The predicted molar refractivity (Wildman–Crippen MR) is 142 cm³/mol. The predicted octanol–water partition coefficient (Wildman–Crippen LogP) is 6.03. The van der Waals surface area contributed by atoms with Gasteiger partial charge in [0.2, 0.25) is 0 Å². The van der Waals surface area contributed by atoms with E-state index in [0.717, 1.165) is 18.7 Å². The van der Waals surface area contributed by atoms with E-state index < -0.39 is 5.97 Å². The van der Waals surface area contributed by atoms with Gasteiger partial charge in [-0.05, 0) is 53.4 Å². The zero-order chi connectivity index (χ0) is 24.9. The lowest BCUT2D eigenvalue weighted by Crippen LogP contribution is -2.37. The number of esters is 1. The summed E-state index contributed by atoms with van der Waals surface area (Å²) in [6.45, 7) is 2.86. The second kappa shape index (κ2) is 10.8. The van der Waals surface area contributed by atoms with Gasteiger partial charge in [0.1, 0.15) is 17.6 Å². The van der Waals surface area contributed by atoms with E-state index in [4.69, 9.17) is 9.47 Å². The Balaban J connectivity index is 1.30. The van der Waals surface area contributed by atoms with Crippen molar-refractivity contribution in [3.8, 4) is 11.5 Å². The normalized spacial score (nSPS) is 17.6. The molecule has 4 aromatic carbocycles. The van der Waals surface area contributed by atoms with Crippen LogP contribution >= 0.6 is 0 Å². The van der Waals surface area contributed by atoms with Crippen LogP contribution in [0.1, 0.15) is 42.0 Å². The van der Waals surface area contributed by atoms with Crippen LogP contribution in [0.5, 0.6) is 11.5 Å². The van der Waals surface area contributed by atoms with Gasteiger partial charge < -0.3 is 19.5 Å². The summed E-state index contributed by atoms with van der Waals surface area (Å²) in [4.78, 5) is 11.4. The lowest BCUT2D eigenvalue weighted by Gasteiger charge is -2.33. The van der Waals surface area contributed by atoms with E-state index in [2.05, 4.69) is 89.8 Å². The number of nitrogens with one attached hydrogen (secondary N) is 1. The fourth-order valence-electron chi connectivity index (χ4n) is 4.98. The largest absolute Gasteiger partial charge is 0.489 e. The Labute approximate surface area is 212 Å². The minimum absolute atomic E-state index is 0.0394. The quantitative estimate of drug-likeness (QED) is 0.312. The minimum Gasteiger partial charge on any atom is -0.489 e. The zero-order valence-corrected chi connectivity index (χ0v) is 20.6. The molecule has 0 saturated heterocycles. The number of hydrogen-bond acceptors (Lipinski definition) is 5. The first kappa shape index (κ1) is 23.9. The van der Waals surface area contributed by atoms with Crippen LogP contribution in [0.25, 0.3) is 10.8 Å². The van der Waals surface area contributed by atoms with Crippen LogP contribution in [0.3, 0.4) is 0 Å². The van der Waals surface area contributed by atoms with E-state index in [9.17, 15) is 4.79 Å². The van der Waals surface area contributed by atoms with Crippen LogP contribution in [0, 0.1) is 0 Å². The summed E-state index contributed by atoms with van der Waals surface area (Å²) in [6, 6.07) is 31.4. The van der Waals surface area contributed by atoms with Gasteiger partial charge in [0.05, 0.1) is 7.11 Å². The molecule has 1 aliphatic rings. The Morgan fingerprint density at radius 3 is 2.56 bits per heavy atom. The number of methoxy groups -OCH3 is 1. The van der Waals surface area contributed by atoms with E-state index in [1.165, 1.54) is 34.6 Å². The average molecular weight is 482 g/mol. The fraction of sp³-hybridized carbons (Fsp3) is 0.258. The first-order valence-electron chi connectivity index (χ1n) is 12.4. The summed E-state index contributed by atoms with van der Waals surface area (Å²) < 4.78 is 16.6. The van der Waals surface area contributed by atoms with Crippen LogP contribution in [0.4, 0.5) is 0 Å². The summed E-state index contributed by atoms with van der Waals surface area (Å²) in [7, 11) is 1.35. The molecule has 0 aromatic heterocycles. The van der Waals surface area contributed by atoms with Crippen molar-refractivity contribution >= 4 is 16.7 Å². The first-order chi connectivity index (χ1) is 17.6. The summed E-state index contributed by atoms with van der Waals surface area (Å²) >= 11 is 0. The lowest BCUT2D eigenvalue weighted by molar-refractivity contribution is -0.142. The molecule has 1 aliphatic heterocycles. The van der Waals surface area contributed by atoms with Crippen molar-refractivity contribution in [3.05, 3.63) is 108 Å². The van der Waals surface area contributed by atoms with Crippen LogP contribution in [-0.2, 0) is 9.53 Å². The highest BCUT2D eigenvalue weighted by molar-refractivity contribution is 5.86. The van der Waals surface area contributed by atoms with E-state index in [1.54, 1.807) is 0 Å². The van der Waals surface area contributed by atoms with Crippen molar-refractivity contribution in [1.82, 2.24) is 5.32 Å². The Morgan fingerprint density at radius 1 is 0.972 bits per heavy atom. The molecule has 5 heteroatoms. The molecule has 0 spiro atoms. The molecule has 0 amide bonds. The number of rotatable bonds is 8. The number of carbonyl (C=O) groups is 1.